The third-order valence-electron chi connectivity index (χ3n) is 4.29. The van der Waals surface area contributed by atoms with Crippen molar-refractivity contribution in [2.75, 3.05) is 6.61 Å². The normalized spacial score (nSPS) is 28.1. The minimum absolute atomic E-state index is 0.335. The summed E-state index contributed by atoms with van der Waals surface area (Å²) in [6, 6.07) is 16.6. The number of aliphatic hydroxyl groups excluding tert-OH is 3. The van der Waals surface area contributed by atoms with Crippen LogP contribution in [0.15, 0.2) is 54.6 Å². The Hall–Kier alpha value is -1.81. The van der Waals surface area contributed by atoms with E-state index in [4.69, 9.17) is 19.3 Å². The van der Waals surface area contributed by atoms with E-state index in [9.17, 15) is 19.9 Å². The minimum atomic E-state index is -4.79. The first-order chi connectivity index (χ1) is 13.2. The topological polar surface area (TPSA) is 146 Å². The summed E-state index contributed by atoms with van der Waals surface area (Å²) < 4.78 is 26.1. The molecule has 0 saturated carbocycles. The Morgan fingerprint density at radius 1 is 0.857 bits per heavy atom. The van der Waals surface area contributed by atoms with Gasteiger partial charge in [-0.3, -0.25) is 4.52 Å². The molecule has 152 valence electrons. The Bertz CT molecular complexity index is 808. The van der Waals surface area contributed by atoms with Crippen LogP contribution < -0.4 is 4.74 Å². The molecule has 0 amide bonds. The van der Waals surface area contributed by atoms with Crippen LogP contribution in [0.1, 0.15) is 0 Å². The fraction of sp³-hybridized carbons (Fsp3) is 0.333. The van der Waals surface area contributed by atoms with E-state index >= 15 is 0 Å². The Balaban J connectivity index is 1.68. The number of hydrogen-bond donors (Lipinski definition) is 5. The van der Waals surface area contributed by atoms with Gasteiger partial charge in [0.05, 0.1) is 6.61 Å². The monoisotopic (exact) mass is 412 g/mol. The summed E-state index contributed by atoms with van der Waals surface area (Å²) in [5.74, 6) is 0.335. The van der Waals surface area contributed by atoms with Crippen LogP contribution >= 0.6 is 7.82 Å². The molecule has 0 aromatic heterocycles. The summed E-state index contributed by atoms with van der Waals surface area (Å²) in [4.78, 5) is 17.6. The quantitative estimate of drug-likeness (QED) is 0.432. The molecule has 2 aromatic rings. The van der Waals surface area contributed by atoms with E-state index in [0.29, 0.717) is 5.75 Å². The van der Waals surface area contributed by atoms with Crippen LogP contribution in [0, 0.1) is 0 Å². The number of benzene rings is 2. The molecule has 3 rings (SSSR count). The van der Waals surface area contributed by atoms with E-state index in [0.717, 1.165) is 11.1 Å². The van der Waals surface area contributed by atoms with Gasteiger partial charge in [-0.05, 0) is 23.3 Å². The molecular weight excluding hydrogens is 391 g/mol. The molecule has 1 fully saturated rings. The Kier molecular flexibility index (Phi) is 6.49. The summed E-state index contributed by atoms with van der Waals surface area (Å²) in [6.45, 7) is -0.692. The van der Waals surface area contributed by atoms with Crippen LogP contribution in [0.4, 0.5) is 0 Å². The molecular formula is C18H21O9P. The first kappa shape index (κ1) is 20.9. The Labute approximate surface area is 161 Å². The van der Waals surface area contributed by atoms with Crippen molar-refractivity contribution >= 4 is 7.82 Å². The highest BCUT2D eigenvalue weighted by molar-refractivity contribution is 7.46. The molecule has 1 aliphatic heterocycles. The summed E-state index contributed by atoms with van der Waals surface area (Å²) in [5, 5.41) is 30.0. The average Bonchev–Trinajstić information content (AvgIpc) is 2.68. The number of rotatable bonds is 6. The molecule has 5 N–H and O–H groups in total. The lowest BCUT2D eigenvalue weighted by molar-refractivity contribution is -0.276. The average molecular weight is 412 g/mol. The van der Waals surface area contributed by atoms with E-state index in [1.165, 1.54) is 0 Å². The molecule has 1 aliphatic rings. The maximum absolute atomic E-state index is 10.8. The van der Waals surface area contributed by atoms with Crippen LogP contribution in [-0.4, -0.2) is 62.4 Å². The predicted molar refractivity (Wildman–Crippen MR) is 97.2 cm³/mol. The van der Waals surface area contributed by atoms with Gasteiger partial charge < -0.3 is 34.6 Å². The van der Waals surface area contributed by atoms with Gasteiger partial charge in [-0.2, -0.15) is 0 Å². The highest BCUT2D eigenvalue weighted by Gasteiger charge is 2.45. The molecule has 0 bridgehead atoms. The summed E-state index contributed by atoms with van der Waals surface area (Å²) in [5.41, 5.74) is 1.96. The number of hydrogen-bond acceptors (Lipinski definition) is 7. The molecule has 0 unspecified atom stereocenters. The Morgan fingerprint density at radius 3 is 2.07 bits per heavy atom. The highest BCUT2D eigenvalue weighted by atomic mass is 31.2. The van der Waals surface area contributed by atoms with Gasteiger partial charge in [0, 0.05) is 0 Å². The van der Waals surface area contributed by atoms with Crippen molar-refractivity contribution in [2.24, 2.45) is 0 Å². The van der Waals surface area contributed by atoms with E-state index in [2.05, 4.69) is 4.52 Å². The fourth-order valence-electron chi connectivity index (χ4n) is 2.81. The smallest absolute Gasteiger partial charge is 0.462 e. The molecule has 9 nitrogen and oxygen atoms in total. The molecule has 0 spiro atoms. The molecule has 2 aromatic carbocycles. The van der Waals surface area contributed by atoms with Crippen molar-refractivity contribution in [2.45, 2.75) is 30.7 Å². The van der Waals surface area contributed by atoms with Crippen LogP contribution in [-0.2, 0) is 13.8 Å². The van der Waals surface area contributed by atoms with Gasteiger partial charge >= 0.3 is 7.82 Å². The highest BCUT2D eigenvalue weighted by Crippen LogP contribution is 2.37. The predicted octanol–water partition coefficient (Wildman–Crippen LogP) is 0.649. The van der Waals surface area contributed by atoms with Crippen LogP contribution in [0.5, 0.6) is 5.75 Å². The third-order valence-corrected chi connectivity index (χ3v) is 4.77. The Morgan fingerprint density at radius 2 is 1.46 bits per heavy atom. The lowest BCUT2D eigenvalue weighted by atomic mass is 9.99. The van der Waals surface area contributed by atoms with Crippen molar-refractivity contribution in [1.29, 1.82) is 0 Å². The van der Waals surface area contributed by atoms with Crippen LogP contribution in [0.3, 0.4) is 0 Å². The van der Waals surface area contributed by atoms with E-state index in [1.807, 2.05) is 30.3 Å². The van der Waals surface area contributed by atoms with Crippen molar-refractivity contribution in [1.82, 2.24) is 0 Å². The zero-order valence-electron chi connectivity index (χ0n) is 14.6. The molecule has 0 aliphatic carbocycles. The van der Waals surface area contributed by atoms with Crippen molar-refractivity contribution < 1.29 is 43.7 Å². The first-order valence-corrected chi connectivity index (χ1v) is 9.99. The van der Waals surface area contributed by atoms with Gasteiger partial charge in [0.1, 0.15) is 30.2 Å². The molecule has 5 atom stereocenters. The summed E-state index contributed by atoms with van der Waals surface area (Å²) >= 11 is 0. The summed E-state index contributed by atoms with van der Waals surface area (Å²) in [7, 11) is -4.79. The minimum Gasteiger partial charge on any atom is -0.462 e. The summed E-state index contributed by atoms with van der Waals surface area (Å²) in [6.07, 6.45) is -7.50. The van der Waals surface area contributed by atoms with Crippen molar-refractivity contribution in [3.05, 3.63) is 54.6 Å². The van der Waals surface area contributed by atoms with E-state index in [-0.39, 0.29) is 0 Å². The third kappa shape index (κ3) is 5.16. The van der Waals surface area contributed by atoms with Crippen molar-refractivity contribution in [3.8, 4) is 16.9 Å². The van der Waals surface area contributed by atoms with Crippen LogP contribution in [0.2, 0.25) is 0 Å². The lowest BCUT2D eigenvalue weighted by Gasteiger charge is -2.40. The maximum atomic E-state index is 10.8. The van der Waals surface area contributed by atoms with E-state index in [1.54, 1.807) is 24.3 Å². The van der Waals surface area contributed by atoms with Gasteiger partial charge in [-0.25, -0.2) is 4.57 Å². The number of phosphoric ester groups is 1. The van der Waals surface area contributed by atoms with Gasteiger partial charge in [-0.15, -0.1) is 0 Å². The second kappa shape index (κ2) is 8.69. The number of ether oxygens (including phenoxy) is 2. The maximum Gasteiger partial charge on any atom is 0.469 e. The van der Waals surface area contributed by atoms with Gasteiger partial charge in [0.25, 0.3) is 0 Å². The SMILES string of the molecule is O=P(O)(O)OC[C@H]1O[C@H](Oc2ccc(-c3ccccc3)cc2)[C@@H](O)[C@@H](O)[C@@H]1O. The van der Waals surface area contributed by atoms with E-state index < -0.39 is 45.1 Å². The molecule has 28 heavy (non-hydrogen) atoms. The number of aliphatic hydroxyl groups is 3. The second-order valence-corrected chi connectivity index (χ2v) is 7.55. The largest absolute Gasteiger partial charge is 0.469 e. The van der Waals surface area contributed by atoms with Crippen molar-refractivity contribution in [3.63, 3.8) is 0 Å². The molecule has 10 heteroatoms. The zero-order chi connectivity index (χ0) is 20.3. The lowest BCUT2D eigenvalue weighted by Crippen LogP contribution is -2.60. The van der Waals surface area contributed by atoms with Gasteiger partial charge in [-0.1, -0.05) is 42.5 Å². The zero-order valence-corrected chi connectivity index (χ0v) is 15.5. The van der Waals surface area contributed by atoms with Gasteiger partial charge in [0.2, 0.25) is 6.29 Å². The standard InChI is InChI=1S/C18H21O9P/c19-15-14(10-25-28(22,23)24)27-18(17(21)16(15)20)26-13-8-6-12(7-9-13)11-4-2-1-3-5-11/h1-9,14-21H,10H2,(H2,22,23,24)/t14-,15-,16+,17+,18+/m1/s1. The number of phosphoric acid groups is 1. The molecule has 1 saturated heterocycles. The second-order valence-electron chi connectivity index (χ2n) is 6.31. The van der Waals surface area contributed by atoms with Gasteiger partial charge in [0.15, 0.2) is 0 Å². The fourth-order valence-corrected chi connectivity index (χ4v) is 3.15. The first-order valence-electron chi connectivity index (χ1n) is 8.46. The molecule has 0 radical (unpaired) electrons. The molecule has 1 heterocycles. The van der Waals surface area contributed by atoms with Crippen LogP contribution in [0.25, 0.3) is 11.1 Å².